The summed E-state index contributed by atoms with van der Waals surface area (Å²) in [5, 5.41) is 0. The Balaban J connectivity index is 1.38. The summed E-state index contributed by atoms with van der Waals surface area (Å²) in [5.74, 6) is 0.399. The van der Waals surface area contributed by atoms with Crippen LogP contribution in [0.15, 0.2) is 48.9 Å². The summed E-state index contributed by atoms with van der Waals surface area (Å²) in [6.07, 6.45) is 5.72. The van der Waals surface area contributed by atoms with Crippen molar-refractivity contribution in [2.24, 2.45) is 0 Å². The number of carbonyl (C=O) groups excluding carboxylic acids is 1. The van der Waals surface area contributed by atoms with Crippen LogP contribution in [0.2, 0.25) is 0 Å². The average molecular weight is 365 g/mol. The van der Waals surface area contributed by atoms with Gasteiger partial charge in [-0.05, 0) is 31.2 Å². The minimum atomic E-state index is -0.0149. The number of aromatic nitrogens is 3. The Morgan fingerprint density at radius 1 is 1.15 bits per heavy atom. The fraction of sp³-hybridized carbons (Fsp3) is 0.350. The Hall–Kier alpha value is -2.93. The van der Waals surface area contributed by atoms with Crippen molar-refractivity contribution in [1.29, 1.82) is 0 Å². The molecule has 0 radical (unpaired) electrons. The second kappa shape index (κ2) is 7.75. The van der Waals surface area contributed by atoms with E-state index in [1.54, 1.807) is 18.3 Å². The zero-order valence-corrected chi connectivity index (χ0v) is 15.4. The van der Waals surface area contributed by atoms with E-state index in [0.29, 0.717) is 31.1 Å². The van der Waals surface area contributed by atoms with E-state index in [-0.39, 0.29) is 5.91 Å². The normalized spacial score (nSPS) is 15.2. The van der Waals surface area contributed by atoms with E-state index in [1.165, 1.54) is 0 Å². The Morgan fingerprint density at radius 3 is 2.78 bits per heavy atom. The highest BCUT2D eigenvalue weighted by atomic mass is 16.5. The average Bonchev–Trinajstić information content (AvgIpc) is 3.11. The van der Waals surface area contributed by atoms with Crippen molar-refractivity contribution in [1.82, 2.24) is 24.2 Å². The van der Waals surface area contributed by atoms with Crippen molar-refractivity contribution < 1.29 is 9.53 Å². The van der Waals surface area contributed by atoms with E-state index in [0.717, 1.165) is 31.0 Å². The summed E-state index contributed by atoms with van der Waals surface area (Å²) in [6, 6.07) is 9.55. The van der Waals surface area contributed by atoms with Crippen molar-refractivity contribution in [2.75, 3.05) is 32.8 Å². The smallest absolute Gasteiger partial charge is 0.259 e. The monoisotopic (exact) mass is 365 g/mol. The van der Waals surface area contributed by atoms with Crippen LogP contribution < -0.4 is 4.74 Å². The molecule has 1 saturated heterocycles. The zero-order chi connectivity index (χ0) is 18.6. The summed E-state index contributed by atoms with van der Waals surface area (Å²) < 4.78 is 7.53. The molecule has 1 fully saturated rings. The lowest BCUT2D eigenvalue weighted by atomic mass is 10.2. The number of rotatable bonds is 5. The van der Waals surface area contributed by atoms with Gasteiger partial charge in [-0.15, -0.1) is 0 Å². The quantitative estimate of drug-likeness (QED) is 0.693. The minimum Gasteiger partial charge on any atom is -0.477 e. The summed E-state index contributed by atoms with van der Waals surface area (Å²) in [5.41, 5.74) is 2.54. The van der Waals surface area contributed by atoms with Gasteiger partial charge >= 0.3 is 0 Å². The molecule has 0 unspecified atom stereocenters. The van der Waals surface area contributed by atoms with Gasteiger partial charge in [0.1, 0.15) is 11.2 Å². The van der Waals surface area contributed by atoms with Crippen LogP contribution in [0.4, 0.5) is 0 Å². The molecule has 0 saturated carbocycles. The maximum Gasteiger partial charge on any atom is 0.259 e. The fourth-order valence-electron chi connectivity index (χ4n) is 3.38. The number of hydrogen-bond acceptors (Lipinski definition) is 5. The number of piperazine rings is 1. The van der Waals surface area contributed by atoms with Crippen LogP contribution in [-0.4, -0.2) is 62.9 Å². The van der Waals surface area contributed by atoms with Gasteiger partial charge in [0.2, 0.25) is 5.88 Å². The van der Waals surface area contributed by atoms with Gasteiger partial charge in [-0.3, -0.25) is 9.69 Å². The number of amides is 1. The summed E-state index contributed by atoms with van der Waals surface area (Å²) in [4.78, 5) is 25.9. The maximum atomic E-state index is 12.8. The van der Waals surface area contributed by atoms with E-state index in [9.17, 15) is 4.79 Å². The number of nitrogens with zero attached hydrogens (tertiary/aromatic N) is 5. The SMILES string of the molecule is CCOc1ncccc1C(=O)N1CCN(Cc2cn3ccccc3n2)CC1. The first-order chi connectivity index (χ1) is 13.2. The van der Waals surface area contributed by atoms with Gasteiger partial charge in [-0.2, -0.15) is 0 Å². The number of ether oxygens (including phenoxy) is 1. The number of imidazole rings is 1. The van der Waals surface area contributed by atoms with E-state index < -0.39 is 0 Å². The van der Waals surface area contributed by atoms with Gasteiger partial charge in [0.05, 0.1) is 12.3 Å². The second-order valence-corrected chi connectivity index (χ2v) is 6.56. The van der Waals surface area contributed by atoms with E-state index in [2.05, 4.69) is 21.1 Å². The highest BCUT2D eigenvalue weighted by Gasteiger charge is 2.25. The largest absolute Gasteiger partial charge is 0.477 e. The van der Waals surface area contributed by atoms with Crippen LogP contribution in [0.25, 0.3) is 5.65 Å². The fourth-order valence-corrected chi connectivity index (χ4v) is 3.38. The lowest BCUT2D eigenvalue weighted by Gasteiger charge is -2.34. The topological polar surface area (TPSA) is 63.0 Å². The Morgan fingerprint density at radius 2 is 2.00 bits per heavy atom. The van der Waals surface area contributed by atoms with Gasteiger partial charge in [0, 0.05) is 51.3 Å². The van der Waals surface area contributed by atoms with Gasteiger partial charge in [0.15, 0.2) is 0 Å². The number of hydrogen-bond donors (Lipinski definition) is 0. The Labute approximate surface area is 158 Å². The molecule has 0 aliphatic carbocycles. The molecule has 0 spiro atoms. The molecule has 3 aromatic rings. The predicted molar refractivity (Wildman–Crippen MR) is 102 cm³/mol. The van der Waals surface area contributed by atoms with Gasteiger partial charge in [0.25, 0.3) is 5.91 Å². The van der Waals surface area contributed by atoms with Crippen LogP contribution in [0.1, 0.15) is 23.0 Å². The molecular formula is C20H23N5O2. The van der Waals surface area contributed by atoms with Gasteiger partial charge in [-0.1, -0.05) is 6.07 Å². The molecule has 3 aromatic heterocycles. The molecule has 0 bridgehead atoms. The van der Waals surface area contributed by atoms with E-state index >= 15 is 0 Å². The molecule has 4 rings (SSSR count). The maximum absolute atomic E-state index is 12.8. The summed E-state index contributed by atoms with van der Waals surface area (Å²) in [6.45, 7) is 6.19. The number of carbonyl (C=O) groups is 1. The standard InChI is InChI=1S/C20H23N5O2/c1-2-27-19-17(6-5-8-21-19)20(26)24-12-10-23(11-13-24)14-16-15-25-9-4-3-7-18(25)22-16/h3-9,15H,2,10-14H2,1H3. The first-order valence-electron chi connectivity index (χ1n) is 9.26. The van der Waals surface area contributed by atoms with Crippen molar-refractivity contribution in [3.63, 3.8) is 0 Å². The first-order valence-corrected chi connectivity index (χ1v) is 9.26. The summed E-state index contributed by atoms with van der Waals surface area (Å²) in [7, 11) is 0. The molecule has 0 aromatic carbocycles. The van der Waals surface area contributed by atoms with Crippen LogP contribution in [0, 0.1) is 0 Å². The van der Waals surface area contributed by atoms with Crippen LogP contribution in [0.5, 0.6) is 5.88 Å². The molecule has 0 atom stereocenters. The predicted octanol–water partition coefficient (Wildman–Crippen LogP) is 2.09. The van der Waals surface area contributed by atoms with Gasteiger partial charge < -0.3 is 14.0 Å². The third kappa shape index (κ3) is 3.78. The van der Waals surface area contributed by atoms with Crippen molar-refractivity contribution >= 4 is 11.6 Å². The molecular weight excluding hydrogens is 342 g/mol. The molecule has 7 nitrogen and oxygen atoms in total. The molecule has 140 valence electrons. The molecule has 1 amide bonds. The molecule has 1 aliphatic heterocycles. The van der Waals surface area contributed by atoms with Crippen LogP contribution in [-0.2, 0) is 6.54 Å². The van der Waals surface area contributed by atoms with Crippen LogP contribution >= 0.6 is 0 Å². The zero-order valence-electron chi connectivity index (χ0n) is 15.4. The first kappa shape index (κ1) is 17.5. The van der Waals surface area contributed by atoms with Crippen molar-refractivity contribution in [3.8, 4) is 5.88 Å². The van der Waals surface area contributed by atoms with Crippen molar-refractivity contribution in [3.05, 3.63) is 60.2 Å². The number of fused-ring (bicyclic) bond motifs is 1. The summed E-state index contributed by atoms with van der Waals surface area (Å²) >= 11 is 0. The second-order valence-electron chi connectivity index (χ2n) is 6.56. The molecule has 0 N–H and O–H groups in total. The van der Waals surface area contributed by atoms with Crippen molar-refractivity contribution in [2.45, 2.75) is 13.5 Å². The third-order valence-corrected chi connectivity index (χ3v) is 4.74. The molecule has 1 aliphatic rings. The lowest BCUT2D eigenvalue weighted by molar-refractivity contribution is 0.0622. The molecule has 7 heteroatoms. The van der Waals surface area contributed by atoms with Crippen LogP contribution in [0.3, 0.4) is 0 Å². The van der Waals surface area contributed by atoms with E-state index in [4.69, 9.17) is 4.74 Å². The number of pyridine rings is 2. The molecule has 27 heavy (non-hydrogen) atoms. The Bertz CT molecular complexity index is 898. The third-order valence-electron chi connectivity index (χ3n) is 4.74. The lowest BCUT2D eigenvalue weighted by Crippen LogP contribution is -2.48. The Kier molecular flexibility index (Phi) is 5.02. The minimum absolute atomic E-state index is 0.0149. The van der Waals surface area contributed by atoms with Gasteiger partial charge in [-0.25, -0.2) is 9.97 Å². The highest BCUT2D eigenvalue weighted by molar-refractivity contribution is 5.96. The van der Waals surface area contributed by atoms with E-state index in [1.807, 2.05) is 40.6 Å². The molecule has 4 heterocycles. The highest BCUT2D eigenvalue weighted by Crippen LogP contribution is 2.18.